The summed E-state index contributed by atoms with van der Waals surface area (Å²) in [6.07, 6.45) is 4.37. The van der Waals surface area contributed by atoms with Gasteiger partial charge in [0, 0.05) is 118 Å². The van der Waals surface area contributed by atoms with Gasteiger partial charge >= 0.3 is 34.2 Å². The molecule has 0 bridgehead atoms. The molecule has 17 heteroatoms. The van der Waals surface area contributed by atoms with Crippen LogP contribution in [0.1, 0.15) is 39.5 Å². The van der Waals surface area contributed by atoms with E-state index in [2.05, 4.69) is 80.9 Å². The van der Waals surface area contributed by atoms with E-state index in [1.54, 1.807) is 0 Å². The third kappa shape index (κ3) is 17.8. The van der Waals surface area contributed by atoms with Crippen molar-refractivity contribution in [2.75, 3.05) is 144 Å². The smallest absolute Gasteiger partial charge is 0.326 e. The van der Waals surface area contributed by atoms with Crippen molar-refractivity contribution in [2.45, 2.75) is 89.9 Å². The molecule has 4 heterocycles. The zero-order valence-corrected chi connectivity index (χ0v) is 39.0. The molecule has 4 aliphatic rings. The van der Waals surface area contributed by atoms with Crippen molar-refractivity contribution < 1.29 is 21.2 Å². The van der Waals surface area contributed by atoms with Crippen molar-refractivity contribution in [2.24, 2.45) is 0 Å². The second-order valence-electron chi connectivity index (χ2n) is 16.5. The molecule has 0 aromatic rings. The number of nitrogens with one attached hydrogen (secondary N) is 4. The van der Waals surface area contributed by atoms with E-state index in [1.807, 2.05) is 0 Å². The van der Waals surface area contributed by atoms with Crippen LogP contribution in [-0.2, 0) is 21.2 Å². The number of nitrogens with zero attached hydrogens (tertiary/aromatic N) is 4. The lowest BCUT2D eigenvalue weighted by atomic mass is 10.3. The van der Waals surface area contributed by atoms with E-state index in [4.69, 9.17) is 21.2 Å². The molecule has 0 spiro atoms. The molecule has 312 valence electrons. The summed E-state index contributed by atoms with van der Waals surface area (Å²) in [7, 11) is -10.6. The van der Waals surface area contributed by atoms with Crippen molar-refractivity contribution in [1.29, 1.82) is 0 Å². The molecule has 4 saturated heterocycles. The van der Waals surface area contributed by atoms with Gasteiger partial charge in [-0.15, -0.1) is 0 Å². The Kier molecular flexibility index (Phi) is 21.1. The van der Waals surface area contributed by atoms with Crippen molar-refractivity contribution in [3.05, 3.63) is 0 Å². The molecular weight excluding hydrogens is 737 g/mol. The zero-order valence-electron chi connectivity index (χ0n) is 35.0. The fourth-order valence-corrected chi connectivity index (χ4v) is 28.4. The Labute approximate surface area is 329 Å². The summed E-state index contributed by atoms with van der Waals surface area (Å²) in [6, 6.07) is 3.91. The van der Waals surface area contributed by atoms with Gasteiger partial charge < -0.3 is 62.1 Å². The average Bonchev–Trinajstić information content (AvgIpc) is 3.13. The third-order valence-electron chi connectivity index (χ3n) is 11.5. The molecule has 0 amide bonds. The van der Waals surface area contributed by atoms with Crippen molar-refractivity contribution >= 4 is 34.2 Å². The second kappa shape index (κ2) is 24.3. The molecule has 4 rings (SSSR count). The Balaban J connectivity index is 1.52. The maximum absolute atomic E-state index is 7.72. The summed E-state index contributed by atoms with van der Waals surface area (Å²) in [4.78, 5) is 10.4. The van der Waals surface area contributed by atoms with Gasteiger partial charge in [0.25, 0.3) is 0 Å². The first-order chi connectivity index (χ1) is 25.6. The Morgan fingerprint density at radius 2 is 0.604 bits per heavy atom. The molecule has 4 N–H and O–H groups in total. The van der Waals surface area contributed by atoms with Crippen LogP contribution in [0.25, 0.3) is 0 Å². The summed E-state index contributed by atoms with van der Waals surface area (Å²) in [5, 5.41) is 14.0. The standard InChI is InChI=1S/C36H82N8O5Si4/c1-7-45-50(3,33-9-21-41-25-13-37-14-26-41)47-52(5,35-11-23-43-29-17-39-18-30-43)49-53(6,36-12-24-44-31-19-40-20-32-44)48-51(4,46-8-2)34-10-22-42-27-15-38-16-28-42/h37-40H,7-36H2,1-6H3. The highest BCUT2D eigenvalue weighted by molar-refractivity contribution is 6.88. The van der Waals surface area contributed by atoms with E-state index >= 15 is 0 Å². The number of hydrogen-bond donors (Lipinski definition) is 4. The predicted molar refractivity (Wildman–Crippen MR) is 228 cm³/mol. The van der Waals surface area contributed by atoms with Gasteiger partial charge in [-0.3, -0.25) is 0 Å². The van der Waals surface area contributed by atoms with E-state index in [-0.39, 0.29) is 0 Å². The zero-order chi connectivity index (χ0) is 37.9. The SMILES string of the molecule is CCO[Si](C)(CCCN1CCNCC1)O[Si](C)(CCCN1CCNCC1)O[Si](C)(CCCN1CCNCC1)O[Si](C)(CCCN1CCNCC1)OCC. The van der Waals surface area contributed by atoms with Crippen LogP contribution in [0.5, 0.6) is 0 Å². The molecule has 13 nitrogen and oxygen atoms in total. The maximum atomic E-state index is 7.72. The lowest BCUT2D eigenvalue weighted by Crippen LogP contribution is -2.61. The van der Waals surface area contributed by atoms with Crippen LogP contribution < -0.4 is 21.3 Å². The summed E-state index contributed by atoms with van der Waals surface area (Å²) >= 11 is 0. The first-order valence-electron chi connectivity index (χ1n) is 21.7. The molecule has 53 heavy (non-hydrogen) atoms. The average molecular weight is 819 g/mol. The Morgan fingerprint density at radius 3 is 0.849 bits per heavy atom. The molecule has 4 aliphatic heterocycles. The molecule has 4 atom stereocenters. The van der Waals surface area contributed by atoms with E-state index in [9.17, 15) is 0 Å². The fraction of sp³-hybridized carbons (Fsp3) is 1.00. The summed E-state index contributed by atoms with van der Waals surface area (Å²) in [6.45, 7) is 37.0. The molecule has 0 aromatic carbocycles. The lowest BCUT2D eigenvalue weighted by molar-refractivity contribution is 0.197. The number of piperazine rings is 4. The largest absolute Gasteiger partial charge is 0.416 e. The van der Waals surface area contributed by atoms with E-state index < -0.39 is 34.2 Å². The van der Waals surface area contributed by atoms with E-state index in [1.165, 1.54) is 0 Å². The quantitative estimate of drug-likeness (QED) is 0.0964. The van der Waals surface area contributed by atoms with Gasteiger partial charge in [-0.05, 0) is 116 Å². The first kappa shape index (κ1) is 46.0. The minimum absolute atomic E-state index is 0.680. The van der Waals surface area contributed by atoms with Crippen molar-refractivity contribution in [1.82, 2.24) is 40.9 Å². The van der Waals surface area contributed by atoms with Gasteiger partial charge in [0.15, 0.2) is 0 Å². The summed E-state index contributed by atoms with van der Waals surface area (Å²) < 4.78 is 36.2. The van der Waals surface area contributed by atoms with E-state index in [0.717, 1.165) is 181 Å². The van der Waals surface area contributed by atoms with Crippen LogP contribution >= 0.6 is 0 Å². The van der Waals surface area contributed by atoms with Crippen molar-refractivity contribution in [3.63, 3.8) is 0 Å². The van der Waals surface area contributed by atoms with Gasteiger partial charge in [-0.25, -0.2) is 0 Å². The third-order valence-corrected chi connectivity index (χ3v) is 28.7. The van der Waals surface area contributed by atoms with Crippen LogP contribution in [0.4, 0.5) is 0 Å². The Hall–Kier alpha value is 0.348. The van der Waals surface area contributed by atoms with Gasteiger partial charge in [0.2, 0.25) is 0 Å². The van der Waals surface area contributed by atoms with Crippen LogP contribution in [0.3, 0.4) is 0 Å². The molecule has 0 aliphatic carbocycles. The monoisotopic (exact) mass is 819 g/mol. The van der Waals surface area contributed by atoms with Crippen LogP contribution in [0, 0.1) is 0 Å². The van der Waals surface area contributed by atoms with Crippen LogP contribution in [0.15, 0.2) is 0 Å². The lowest BCUT2D eigenvalue weighted by Gasteiger charge is -2.45. The topological polar surface area (TPSA) is 107 Å². The molecular formula is C36H82N8O5Si4. The van der Waals surface area contributed by atoms with Gasteiger partial charge in [-0.2, -0.15) is 0 Å². The Bertz CT molecular complexity index is 910. The van der Waals surface area contributed by atoms with Crippen LogP contribution in [-0.4, -0.2) is 198 Å². The maximum Gasteiger partial charge on any atom is 0.326 e. The highest BCUT2D eigenvalue weighted by atomic mass is 28.5. The van der Waals surface area contributed by atoms with Gasteiger partial charge in [0.05, 0.1) is 0 Å². The summed E-state index contributed by atoms with van der Waals surface area (Å²) in [5.41, 5.74) is 0. The minimum atomic E-state index is -2.77. The van der Waals surface area contributed by atoms with E-state index in [0.29, 0.717) is 13.2 Å². The predicted octanol–water partition coefficient (Wildman–Crippen LogP) is 2.58. The molecule has 0 saturated carbocycles. The summed E-state index contributed by atoms with van der Waals surface area (Å²) in [5.74, 6) is 0. The highest BCUT2D eigenvalue weighted by Crippen LogP contribution is 2.34. The molecule has 0 radical (unpaired) electrons. The number of hydrogen-bond acceptors (Lipinski definition) is 13. The van der Waals surface area contributed by atoms with Crippen molar-refractivity contribution in [3.8, 4) is 0 Å². The molecule has 0 aromatic heterocycles. The second-order valence-corrected chi connectivity index (χ2v) is 30.6. The molecule has 4 fully saturated rings. The number of rotatable bonds is 26. The normalized spacial score (nSPS) is 25.0. The highest BCUT2D eigenvalue weighted by Gasteiger charge is 2.51. The Morgan fingerprint density at radius 1 is 0.377 bits per heavy atom. The van der Waals surface area contributed by atoms with Gasteiger partial charge in [0.1, 0.15) is 0 Å². The minimum Gasteiger partial charge on any atom is -0.416 e. The first-order valence-corrected chi connectivity index (χ1v) is 31.8. The van der Waals surface area contributed by atoms with Gasteiger partial charge in [-0.1, -0.05) is 0 Å². The molecule has 4 unspecified atom stereocenters. The van der Waals surface area contributed by atoms with Crippen LogP contribution in [0.2, 0.25) is 50.4 Å². The fourth-order valence-electron chi connectivity index (χ4n) is 8.77.